The van der Waals surface area contributed by atoms with Crippen LogP contribution < -0.4 is 9.30 Å². The zero-order valence-corrected chi connectivity index (χ0v) is 8.82. The molecular formula is C11H18NO+. The second-order valence-corrected chi connectivity index (χ2v) is 3.75. The molecule has 0 spiro atoms. The van der Waals surface area contributed by atoms with Gasteiger partial charge in [0.25, 0.3) is 0 Å². The van der Waals surface area contributed by atoms with Crippen molar-refractivity contribution in [3.8, 4) is 5.75 Å². The maximum absolute atomic E-state index is 5.58. The van der Waals surface area contributed by atoms with Gasteiger partial charge in [-0.1, -0.05) is 0 Å². The number of hydrogen-bond acceptors (Lipinski definition) is 1. The molecule has 0 aliphatic rings. The lowest BCUT2D eigenvalue weighted by molar-refractivity contribution is -0.716. The molecule has 0 atom stereocenters. The van der Waals surface area contributed by atoms with Crippen LogP contribution in [0.3, 0.4) is 0 Å². The molecule has 72 valence electrons. The Labute approximate surface area is 80.2 Å². The van der Waals surface area contributed by atoms with Gasteiger partial charge in [-0.2, -0.15) is 4.57 Å². The van der Waals surface area contributed by atoms with E-state index in [2.05, 4.69) is 24.6 Å². The molecule has 2 heteroatoms. The molecule has 0 N–H and O–H groups in total. The van der Waals surface area contributed by atoms with Crippen LogP contribution in [0, 0.1) is 0 Å². The van der Waals surface area contributed by atoms with E-state index in [0.29, 0.717) is 6.04 Å². The third kappa shape index (κ3) is 3.05. The molecule has 0 saturated carbocycles. The van der Waals surface area contributed by atoms with Crippen molar-refractivity contribution in [2.24, 2.45) is 0 Å². The van der Waals surface area contributed by atoms with Crippen LogP contribution in [0.15, 0.2) is 24.5 Å². The first kappa shape index (κ1) is 10.0. The molecule has 0 saturated heterocycles. The van der Waals surface area contributed by atoms with E-state index in [-0.39, 0.29) is 6.10 Å². The SMILES string of the molecule is CC(C)Oc1ccc[n+](C(C)C)c1. The Bertz CT molecular complexity index is 269. The minimum absolute atomic E-state index is 0.239. The Kier molecular flexibility index (Phi) is 3.29. The largest absolute Gasteiger partial charge is 0.485 e. The number of nitrogens with zero attached hydrogens (tertiary/aromatic N) is 1. The van der Waals surface area contributed by atoms with Crippen LogP contribution in [0.1, 0.15) is 33.7 Å². The smallest absolute Gasteiger partial charge is 0.211 e. The van der Waals surface area contributed by atoms with Gasteiger partial charge in [0.05, 0.1) is 6.10 Å². The summed E-state index contributed by atoms with van der Waals surface area (Å²) in [5.41, 5.74) is 0. The van der Waals surface area contributed by atoms with Gasteiger partial charge in [-0.05, 0) is 33.8 Å². The molecule has 0 bridgehead atoms. The highest BCUT2D eigenvalue weighted by atomic mass is 16.5. The van der Waals surface area contributed by atoms with Gasteiger partial charge in [0, 0.05) is 6.07 Å². The highest BCUT2D eigenvalue weighted by Crippen LogP contribution is 2.08. The van der Waals surface area contributed by atoms with Crippen LogP contribution in [0.5, 0.6) is 5.75 Å². The van der Waals surface area contributed by atoms with Gasteiger partial charge < -0.3 is 4.74 Å². The van der Waals surface area contributed by atoms with Crippen molar-refractivity contribution in [1.82, 2.24) is 0 Å². The fourth-order valence-corrected chi connectivity index (χ4v) is 1.13. The zero-order chi connectivity index (χ0) is 9.84. The molecule has 1 heterocycles. The first-order valence-corrected chi connectivity index (χ1v) is 4.77. The summed E-state index contributed by atoms with van der Waals surface area (Å²) in [6.45, 7) is 8.37. The zero-order valence-electron chi connectivity index (χ0n) is 8.82. The van der Waals surface area contributed by atoms with Crippen LogP contribution in [0.25, 0.3) is 0 Å². The molecule has 0 amide bonds. The van der Waals surface area contributed by atoms with Crippen molar-refractivity contribution in [2.45, 2.75) is 39.8 Å². The lowest BCUT2D eigenvalue weighted by atomic mass is 10.3. The fourth-order valence-electron chi connectivity index (χ4n) is 1.13. The van der Waals surface area contributed by atoms with Gasteiger partial charge in [0.2, 0.25) is 6.20 Å². The van der Waals surface area contributed by atoms with Gasteiger partial charge in [-0.25, -0.2) is 0 Å². The van der Waals surface area contributed by atoms with E-state index >= 15 is 0 Å². The highest BCUT2D eigenvalue weighted by Gasteiger charge is 2.07. The Hall–Kier alpha value is -1.05. The molecule has 0 radical (unpaired) electrons. The maximum Gasteiger partial charge on any atom is 0.211 e. The second-order valence-electron chi connectivity index (χ2n) is 3.75. The van der Waals surface area contributed by atoms with E-state index in [0.717, 1.165) is 5.75 Å². The molecule has 0 unspecified atom stereocenters. The van der Waals surface area contributed by atoms with Crippen molar-refractivity contribution in [3.05, 3.63) is 24.5 Å². The summed E-state index contributed by atoms with van der Waals surface area (Å²) in [7, 11) is 0. The third-order valence-corrected chi connectivity index (χ3v) is 1.76. The van der Waals surface area contributed by atoms with Crippen molar-refractivity contribution in [3.63, 3.8) is 0 Å². The molecule has 1 aromatic rings. The quantitative estimate of drug-likeness (QED) is 0.651. The minimum Gasteiger partial charge on any atom is -0.485 e. The van der Waals surface area contributed by atoms with E-state index in [1.165, 1.54) is 0 Å². The van der Waals surface area contributed by atoms with Crippen molar-refractivity contribution in [1.29, 1.82) is 0 Å². The summed E-state index contributed by atoms with van der Waals surface area (Å²) in [6.07, 6.45) is 4.32. The minimum atomic E-state index is 0.239. The molecule has 1 aromatic heterocycles. The van der Waals surface area contributed by atoms with Gasteiger partial charge >= 0.3 is 0 Å². The van der Waals surface area contributed by atoms with Crippen molar-refractivity contribution >= 4 is 0 Å². The van der Waals surface area contributed by atoms with Crippen molar-refractivity contribution < 1.29 is 9.30 Å². The van der Waals surface area contributed by atoms with Gasteiger partial charge in [-0.15, -0.1) is 0 Å². The lowest BCUT2D eigenvalue weighted by Crippen LogP contribution is -2.35. The number of aromatic nitrogens is 1. The van der Waals surface area contributed by atoms with Crippen molar-refractivity contribution in [2.75, 3.05) is 0 Å². The van der Waals surface area contributed by atoms with Crippen LogP contribution in [0.4, 0.5) is 0 Å². The first-order chi connectivity index (χ1) is 6.09. The monoisotopic (exact) mass is 180 g/mol. The van der Waals surface area contributed by atoms with Gasteiger partial charge in [0.15, 0.2) is 18.0 Å². The van der Waals surface area contributed by atoms with Crippen LogP contribution >= 0.6 is 0 Å². The number of ether oxygens (including phenoxy) is 1. The summed E-state index contributed by atoms with van der Waals surface area (Å²) in [4.78, 5) is 0. The molecule has 2 nitrogen and oxygen atoms in total. The molecule has 0 aliphatic carbocycles. The number of pyridine rings is 1. The summed E-state index contributed by atoms with van der Waals surface area (Å²) >= 11 is 0. The van der Waals surface area contributed by atoms with E-state index in [4.69, 9.17) is 4.74 Å². The van der Waals surface area contributed by atoms with Crippen LogP contribution in [-0.2, 0) is 0 Å². The predicted molar refractivity (Wildman–Crippen MR) is 52.8 cm³/mol. The first-order valence-electron chi connectivity index (χ1n) is 4.77. The molecule has 0 fully saturated rings. The standard InChI is InChI=1S/C11H18NO/c1-9(2)12-7-5-6-11(8-12)13-10(3)4/h5-10H,1-4H3/q+1. The van der Waals surface area contributed by atoms with Crippen LogP contribution in [0.2, 0.25) is 0 Å². The normalized spacial score (nSPS) is 10.9. The van der Waals surface area contributed by atoms with E-state index < -0.39 is 0 Å². The Morgan fingerprint density at radius 2 is 1.92 bits per heavy atom. The average molecular weight is 180 g/mol. The predicted octanol–water partition coefficient (Wildman–Crippen LogP) is 2.34. The van der Waals surface area contributed by atoms with E-state index in [1.54, 1.807) is 0 Å². The molecule has 0 aliphatic heterocycles. The summed E-state index contributed by atoms with van der Waals surface area (Å²) in [6, 6.07) is 4.48. The van der Waals surface area contributed by atoms with Gasteiger partial charge in [0.1, 0.15) is 0 Å². The van der Waals surface area contributed by atoms with Crippen LogP contribution in [-0.4, -0.2) is 6.10 Å². The third-order valence-electron chi connectivity index (χ3n) is 1.76. The summed E-state index contributed by atoms with van der Waals surface area (Å²) in [5, 5.41) is 0. The Morgan fingerprint density at radius 3 is 2.46 bits per heavy atom. The summed E-state index contributed by atoms with van der Waals surface area (Å²) in [5.74, 6) is 0.936. The van der Waals surface area contributed by atoms with E-state index in [1.807, 2.05) is 32.2 Å². The molecule has 1 rings (SSSR count). The Balaban J connectivity index is 2.79. The highest BCUT2D eigenvalue weighted by molar-refractivity contribution is 5.12. The summed E-state index contributed by atoms with van der Waals surface area (Å²) < 4.78 is 7.72. The number of rotatable bonds is 3. The second kappa shape index (κ2) is 4.26. The molecule has 13 heavy (non-hydrogen) atoms. The maximum atomic E-state index is 5.58. The fraction of sp³-hybridized carbons (Fsp3) is 0.545. The average Bonchev–Trinajstić information content (AvgIpc) is 2.03. The topological polar surface area (TPSA) is 13.1 Å². The van der Waals surface area contributed by atoms with E-state index in [9.17, 15) is 0 Å². The number of hydrogen-bond donors (Lipinski definition) is 0. The lowest BCUT2D eigenvalue weighted by Gasteiger charge is -2.08. The molecule has 0 aromatic carbocycles. The van der Waals surface area contributed by atoms with Gasteiger partial charge in [-0.3, -0.25) is 0 Å². The molecular weight excluding hydrogens is 162 g/mol. The Morgan fingerprint density at radius 1 is 1.23 bits per heavy atom.